The van der Waals surface area contributed by atoms with Crippen LogP contribution in [0.15, 0.2) is 60.8 Å². The molecule has 0 atom stereocenters. The van der Waals surface area contributed by atoms with Gasteiger partial charge in [-0.1, -0.05) is 24.3 Å². The Morgan fingerprint density at radius 3 is 2.72 bits per heavy atom. The number of pyridine rings is 1. The predicted octanol–water partition coefficient (Wildman–Crippen LogP) is 3.41. The van der Waals surface area contributed by atoms with Gasteiger partial charge in [0, 0.05) is 17.8 Å². The molecule has 0 spiro atoms. The number of amides is 1. The lowest BCUT2D eigenvalue weighted by Gasteiger charge is -2.09. The molecule has 0 aliphatic heterocycles. The molecule has 25 heavy (non-hydrogen) atoms. The molecule has 124 valence electrons. The number of hydrogen-bond acceptors (Lipinski definition) is 3. The summed E-state index contributed by atoms with van der Waals surface area (Å²) in [6.45, 7) is 0. The zero-order valence-corrected chi connectivity index (χ0v) is 13.7. The summed E-state index contributed by atoms with van der Waals surface area (Å²) in [4.78, 5) is 16.6. The summed E-state index contributed by atoms with van der Waals surface area (Å²) >= 11 is 0. The molecular weight excluding hydrogens is 312 g/mol. The van der Waals surface area contributed by atoms with Crippen molar-refractivity contribution < 1.29 is 4.79 Å². The number of para-hydroxylation sites is 1. The predicted molar refractivity (Wildman–Crippen MR) is 97.5 cm³/mol. The Kier molecular flexibility index (Phi) is 4.12. The van der Waals surface area contributed by atoms with Crippen LogP contribution in [0, 0.1) is 0 Å². The van der Waals surface area contributed by atoms with Crippen LogP contribution in [0.2, 0.25) is 0 Å². The van der Waals surface area contributed by atoms with E-state index in [-0.39, 0.29) is 5.91 Å². The molecule has 0 saturated heterocycles. The minimum absolute atomic E-state index is 0.183. The Balaban J connectivity index is 1.62. The molecule has 1 N–H and O–H groups in total. The first-order chi connectivity index (χ1) is 12.3. The van der Waals surface area contributed by atoms with Gasteiger partial charge < -0.3 is 5.32 Å². The molecule has 2 aromatic heterocycles. The minimum atomic E-state index is -0.183. The van der Waals surface area contributed by atoms with E-state index in [1.807, 2.05) is 53.2 Å². The molecule has 0 radical (unpaired) electrons. The zero-order valence-electron chi connectivity index (χ0n) is 13.7. The number of carbonyl (C=O) groups is 1. The van der Waals surface area contributed by atoms with E-state index in [9.17, 15) is 4.79 Å². The average Bonchev–Trinajstić information content (AvgIpc) is 3.24. The Hall–Kier alpha value is -3.21. The number of fused-ring (bicyclic) bond motifs is 1. The normalized spacial score (nSPS) is 13.1. The van der Waals surface area contributed by atoms with Gasteiger partial charge in [-0.2, -0.15) is 5.10 Å². The maximum absolute atomic E-state index is 12.4. The van der Waals surface area contributed by atoms with E-state index in [2.05, 4.69) is 10.3 Å². The summed E-state index contributed by atoms with van der Waals surface area (Å²) in [6.07, 6.45) is 7.91. The molecule has 1 aromatic carbocycles. The third kappa shape index (κ3) is 3.21. The van der Waals surface area contributed by atoms with Crippen LogP contribution in [0.4, 0.5) is 5.82 Å². The smallest absolute Gasteiger partial charge is 0.249 e. The Bertz CT molecular complexity index is 914. The van der Waals surface area contributed by atoms with Gasteiger partial charge in [0.25, 0.3) is 0 Å². The number of aromatic nitrogens is 3. The molecule has 1 aliphatic carbocycles. The number of rotatable bonds is 4. The monoisotopic (exact) mass is 330 g/mol. The summed E-state index contributed by atoms with van der Waals surface area (Å²) < 4.78 is 1.83. The lowest BCUT2D eigenvalue weighted by atomic mass is 10.2. The summed E-state index contributed by atoms with van der Waals surface area (Å²) in [6, 6.07) is 15.5. The van der Waals surface area contributed by atoms with Crippen LogP contribution in [-0.4, -0.2) is 20.7 Å². The van der Waals surface area contributed by atoms with Gasteiger partial charge in [-0.3, -0.25) is 9.78 Å². The van der Waals surface area contributed by atoms with Crippen molar-refractivity contribution in [3.63, 3.8) is 0 Å². The number of anilines is 1. The zero-order chi connectivity index (χ0) is 17.1. The van der Waals surface area contributed by atoms with Crippen molar-refractivity contribution in [3.8, 4) is 5.69 Å². The topological polar surface area (TPSA) is 59.8 Å². The van der Waals surface area contributed by atoms with Gasteiger partial charge in [0.15, 0.2) is 0 Å². The number of carbonyl (C=O) groups excluding carboxylic acids is 1. The van der Waals surface area contributed by atoms with E-state index in [4.69, 9.17) is 5.10 Å². The van der Waals surface area contributed by atoms with E-state index in [1.165, 1.54) is 6.08 Å². The molecule has 1 aliphatic rings. The summed E-state index contributed by atoms with van der Waals surface area (Å²) in [5.74, 6) is 0.590. The van der Waals surface area contributed by atoms with Crippen molar-refractivity contribution in [3.05, 3.63) is 77.8 Å². The standard InChI is InChI=1S/C20H18N4O/c25-19(13-12-15-7-4-5-14-21-15)22-20-17-10-6-11-18(17)23-24(20)16-8-2-1-3-9-16/h1-5,7-9,12-14H,6,10-11H2,(H,22,25). The molecule has 4 rings (SSSR count). The van der Waals surface area contributed by atoms with Gasteiger partial charge in [0.2, 0.25) is 5.91 Å². The van der Waals surface area contributed by atoms with Crippen LogP contribution in [0.5, 0.6) is 0 Å². The van der Waals surface area contributed by atoms with Gasteiger partial charge in [-0.15, -0.1) is 0 Å². The molecule has 0 bridgehead atoms. The molecule has 0 unspecified atom stereocenters. The van der Waals surface area contributed by atoms with Gasteiger partial charge in [0.05, 0.1) is 17.1 Å². The first-order valence-electron chi connectivity index (χ1n) is 8.37. The molecule has 0 saturated carbocycles. The highest BCUT2D eigenvalue weighted by molar-refractivity contribution is 6.02. The van der Waals surface area contributed by atoms with E-state index in [0.29, 0.717) is 0 Å². The lowest BCUT2D eigenvalue weighted by Crippen LogP contribution is -2.13. The van der Waals surface area contributed by atoms with E-state index < -0.39 is 0 Å². The van der Waals surface area contributed by atoms with Gasteiger partial charge in [-0.25, -0.2) is 4.68 Å². The van der Waals surface area contributed by atoms with Crippen molar-refractivity contribution in [2.75, 3.05) is 5.32 Å². The molecule has 3 aromatic rings. The SMILES string of the molecule is O=C(C=Cc1ccccn1)Nc1c2c(nn1-c1ccccc1)CCC2. The first-order valence-corrected chi connectivity index (χ1v) is 8.37. The minimum Gasteiger partial charge on any atom is -0.307 e. The largest absolute Gasteiger partial charge is 0.307 e. The summed E-state index contributed by atoms with van der Waals surface area (Å²) in [5.41, 5.74) is 3.91. The van der Waals surface area contributed by atoms with Crippen LogP contribution >= 0.6 is 0 Å². The van der Waals surface area contributed by atoms with Crippen molar-refractivity contribution in [1.82, 2.24) is 14.8 Å². The third-order valence-corrected chi connectivity index (χ3v) is 4.24. The van der Waals surface area contributed by atoms with Gasteiger partial charge >= 0.3 is 0 Å². The quantitative estimate of drug-likeness (QED) is 0.746. The summed E-state index contributed by atoms with van der Waals surface area (Å²) in [5, 5.41) is 7.70. The molecule has 5 heteroatoms. The first kappa shape index (κ1) is 15.3. The van der Waals surface area contributed by atoms with Crippen LogP contribution in [0.1, 0.15) is 23.4 Å². The van der Waals surface area contributed by atoms with Crippen LogP contribution in [0.25, 0.3) is 11.8 Å². The Morgan fingerprint density at radius 2 is 1.92 bits per heavy atom. The lowest BCUT2D eigenvalue weighted by molar-refractivity contribution is -0.111. The van der Waals surface area contributed by atoms with E-state index in [0.717, 1.165) is 47.7 Å². The molecule has 2 heterocycles. The Labute approximate surface area is 146 Å². The molecule has 1 amide bonds. The average molecular weight is 330 g/mol. The van der Waals surface area contributed by atoms with Crippen molar-refractivity contribution in [1.29, 1.82) is 0 Å². The van der Waals surface area contributed by atoms with Crippen LogP contribution in [-0.2, 0) is 17.6 Å². The second-order valence-corrected chi connectivity index (χ2v) is 5.95. The van der Waals surface area contributed by atoms with E-state index in [1.54, 1.807) is 12.3 Å². The van der Waals surface area contributed by atoms with Crippen LogP contribution < -0.4 is 5.32 Å². The number of benzene rings is 1. The van der Waals surface area contributed by atoms with Crippen molar-refractivity contribution in [2.24, 2.45) is 0 Å². The second-order valence-electron chi connectivity index (χ2n) is 5.95. The second kappa shape index (κ2) is 6.73. The van der Waals surface area contributed by atoms with Gasteiger partial charge in [-0.05, 0) is 49.6 Å². The highest BCUT2D eigenvalue weighted by Gasteiger charge is 2.23. The van der Waals surface area contributed by atoms with Gasteiger partial charge in [0.1, 0.15) is 5.82 Å². The fraction of sp³-hybridized carbons (Fsp3) is 0.150. The fourth-order valence-corrected chi connectivity index (χ4v) is 3.07. The number of nitrogens with one attached hydrogen (secondary N) is 1. The molecular formula is C20H18N4O. The number of hydrogen-bond donors (Lipinski definition) is 1. The highest BCUT2D eigenvalue weighted by atomic mass is 16.1. The fourth-order valence-electron chi connectivity index (χ4n) is 3.07. The molecule has 0 fully saturated rings. The van der Waals surface area contributed by atoms with Crippen molar-refractivity contribution in [2.45, 2.75) is 19.3 Å². The Morgan fingerprint density at radius 1 is 1.08 bits per heavy atom. The van der Waals surface area contributed by atoms with Crippen LogP contribution in [0.3, 0.4) is 0 Å². The maximum Gasteiger partial charge on any atom is 0.249 e. The highest BCUT2D eigenvalue weighted by Crippen LogP contribution is 2.30. The van der Waals surface area contributed by atoms with E-state index >= 15 is 0 Å². The number of aryl methyl sites for hydroxylation is 1. The number of nitrogens with zero attached hydrogens (tertiary/aromatic N) is 3. The third-order valence-electron chi connectivity index (χ3n) is 4.24. The van der Waals surface area contributed by atoms with Crippen molar-refractivity contribution >= 4 is 17.8 Å². The maximum atomic E-state index is 12.4. The molecule has 5 nitrogen and oxygen atoms in total. The summed E-state index contributed by atoms with van der Waals surface area (Å²) in [7, 11) is 0.